The molecular formula is C46H45N9O3. The fourth-order valence-electron chi connectivity index (χ4n) is 8.28. The van der Waals surface area contributed by atoms with Gasteiger partial charge in [-0.3, -0.25) is 23.9 Å². The molecule has 6 heterocycles. The number of fused-ring (bicyclic) bond motifs is 2. The molecule has 2 aliphatic rings. The third-order valence-corrected chi connectivity index (χ3v) is 11.1. The van der Waals surface area contributed by atoms with Gasteiger partial charge in [0.2, 0.25) is 0 Å². The first kappa shape index (κ1) is 39.5. The zero-order chi connectivity index (χ0) is 40.8. The SMILES string of the molecule is CC(=O)c1cc(C#CCn2cccn2)n(-c2ccc(C#N)cc2)c1C.Cc1c(C(=O)CN2C3CCC2[C@@H](O)C3)cc(CCCn2cccn2)n1-c1ccc(C#N)cc1. The van der Waals surface area contributed by atoms with Crippen LogP contribution in [0.15, 0.2) is 97.6 Å². The van der Waals surface area contributed by atoms with Crippen molar-refractivity contribution in [3.05, 3.63) is 143 Å². The molecule has 0 spiro atoms. The molecule has 2 aromatic carbocycles. The van der Waals surface area contributed by atoms with Crippen LogP contribution in [0.1, 0.15) is 87.2 Å². The largest absolute Gasteiger partial charge is 0.391 e. The number of nitriles is 2. The van der Waals surface area contributed by atoms with Crippen LogP contribution >= 0.6 is 0 Å². The number of nitrogens with zero attached hydrogens (tertiary/aromatic N) is 9. The molecule has 12 nitrogen and oxygen atoms in total. The molecular weight excluding hydrogens is 727 g/mol. The van der Waals surface area contributed by atoms with Gasteiger partial charge in [-0.05, 0) is 132 Å². The van der Waals surface area contributed by atoms with Crippen molar-refractivity contribution in [1.29, 1.82) is 10.5 Å². The van der Waals surface area contributed by atoms with Crippen LogP contribution in [-0.4, -0.2) is 75.0 Å². The number of rotatable bonds is 11. The van der Waals surface area contributed by atoms with E-state index in [0.29, 0.717) is 35.8 Å². The molecule has 0 radical (unpaired) electrons. The van der Waals surface area contributed by atoms with E-state index in [2.05, 4.69) is 43.6 Å². The van der Waals surface area contributed by atoms with E-state index in [1.165, 1.54) is 0 Å². The summed E-state index contributed by atoms with van der Waals surface area (Å²) in [6.07, 6.45) is 11.5. The van der Waals surface area contributed by atoms with Gasteiger partial charge >= 0.3 is 0 Å². The molecule has 2 fully saturated rings. The third kappa shape index (κ3) is 8.47. The van der Waals surface area contributed by atoms with E-state index in [-0.39, 0.29) is 23.7 Å². The minimum Gasteiger partial charge on any atom is -0.391 e. The molecule has 292 valence electrons. The first-order valence-electron chi connectivity index (χ1n) is 19.5. The summed E-state index contributed by atoms with van der Waals surface area (Å²) in [5.41, 5.74) is 7.99. The summed E-state index contributed by atoms with van der Waals surface area (Å²) in [5, 5.41) is 36.8. The molecule has 8 rings (SSSR count). The third-order valence-electron chi connectivity index (χ3n) is 11.1. The molecule has 58 heavy (non-hydrogen) atoms. The monoisotopic (exact) mass is 771 g/mol. The highest BCUT2D eigenvalue weighted by molar-refractivity contribution is 5.99. The average Bonchev–Trinajstić information content (AvgIpc) is 4.10. The van der Waals surface area contributed by atoms with Crippen LogP contribution in [0, 0.1) is 48.4 Å². The zero-order valence-corrected chi connectivity index (χ0v) is 32.9. The van der Waals surface area contributed by atoms with Gasteiger partial charge in [0.25, 0.3) is 0 Å². The van der Waals surface area contributed by atoms with Crippen LogP contribution in [0.3, 0.4) is 0 Å². The molecule has 2 unspecified atom stereocenters. The Morgan fingerprint density at radius 3 is 2.00 bits per heavy atom. The van der Waals surface area contributed by atoms with Crippen molar-refractivity contribution in [2.45, 2.75) is 84.2 Å². The van der Waals surface area contributed by atoms with Crippen molar-refractivity contribution in [3.8, 4) is 35.4 Å². The molecule has 6 aromatic rings. The maximum atomic E-state index is 13.4. The zero-order valence-electron chi connectivity index (χ0n) is 32.9. The van der Waals surface area contributed by atoms with Gasteiger partial charge in [-0.2, -0.15) is 20.7 Å². The molecule has 4 aromatic heterocycles. The normalized spacial score (nSPS) is 16.8. The Hall–Kier alpha value is -6.78. The maximum absolute atomic E-state index is 13.4. The Bertz CT molecular complexity index is 2540. The van der Waals surface area contributed by atoms with Crippen molar-refractivity contribution < 1.29 is 14.7 Å². The van der Waals surface area contributed by atoms with Crippen molar-refractivity contribution in [2.24, 2.45) is 0 Å². The van der Waals surface area contributed by atoms with E-state index in [9.17, 15) is 14.7 Å². The van der Waals surface area contributed by atoms with Crippen molar-refractivity contribution >= 4 is 11.6 Å². The van der Waals surface area contributed by atoms with Gasteiger partial charge in [0.05, 0.1) is 41.6 Å². The minimum absolute atomic E-state index is 0.0000197. The Morgan fingerprint density at radius 2 is 1.45 bits per heavy atom. The number of carbonyl (C=O) groups is 2. The summed E-state index contributed by atoms with van der Waals surface area (Å²) in [6, 6.07) is 27.0. The quantitative estimate of drug-likeness (QED) is 0.118. The van der Waals surface area contributed by atoms with Gasteiger partial charge in [-0.25, -0.2) is 0 Å². The number of carbonyl (C=O) groups excluding carboxylic acids is 2. The molecule has 2 aliphatic heterocycles. The molecule has 3 atom stereocenters. The highest BCUT2D eigenvalue weighted by Gasteiger charge is 2.46. The summed E-state index contributed by atoms with van der Waals surface area (Å²) in [6.45, 7) is 7.08. The first-order valence-corrected chi connectivity index (χ1v) is 19.5. The van der Waals surface area contributed by atoms with Crippen LogP contribution in [0.5, 0.6) is 0 Å². The smallest absolute Gasteiger partial charge is 0.178 e. The van der Waals surface area contributed by atoms with Gasteiger partial charge in [0, 0.05) is 83.0 Å². The molecule has 2 saturated heterocycles. The Kier molecular flexibility index (Phi) is 12.0. The Balaban J connectivity index is 0.000000184. The molecule has 0 saturated carbocycles. The van der Waals surface area contributed by atoms with E-state index >= 15 is 0 Å². The van der Waals surface area contributed by atoms with Gasteiger partial charge in [-0.1, -0.05) is 5.92 Å². The molecule has 2 bridgehead atoms. The Morgan fingerprint density at radius 1 is 0.828 bits per heavy atom. The maximum Gasteiger partial charge on any atom is 0.178 e. The summed E-state index contributed by atoms with van der Waals surface area (Å²) in [5.74, 6) is 6.32. The summed E-state index contributed by atoms with van der Waals surface area (Å²) < 4.78 is 7.74. The first-order chi connectivity index (χ1) is 28.1. The second-order valence-electron chi connectivity index (χ2n) is 14.8. The lowest BCUT2D eigenvalue weighted by molar-refractivity contribution is 0.0872. The summed E-state index contributed by atoms with van der Waals surface area (Å²) in [7, 11) is 0. The van der Waals surface area contributed by atoms with Crippen LogP contribution in [-0.2, 0) is 19.5 Å². The number of aromatic nitrogens is 6. The van der Waals surface area contributed by atoms with Crippen LogP contribution < -0.4 is 0 Å². The highest BCUT2D eigenvalue weighted by Crippen LogP contribution is 2.38. The number of ketones is 2. The lowest BCUT2D eigenvalue weighted by atomic mass is 9.98. The fraction of sp³-hybridized carbons (Fsp3) is 0.304. The predicted octanol–water partition coefficient (Wildman–Crippen LogP) is 6.38. The number of hydrogen-bond donors (Lipinski definition) is 1. The van der Waals surface area contributed by atoms with Crippen molar-refractivity contribution in [1.82, 2.24) is 33.6 Å². The van der Waals surface area contributed by atoms with Crippen molar-refractivity contribution in [3.63, 3.8) is 0 Å². The number of benzene rings is 2. The number of aryl methyl sites for hydroxylation is 2. The summed E-state index contributed by atoms with van der Waals surface area (Å²) >= 11 is 0. The fourth-order valence-corrected chi connectivity index (χ4v) is 8.28. The summed E-state index contributed by atoms with van der Waals surface area (Å²) in [4.78, 5) is 27.5. The van der Waals surface area contributed by atoms with E-state index in [1.807, 2.05) is 96.2 Å². The second-order valence-corrected chi connectivity index (χ2v) is 14.8. The van der Waals surface area contributed by atoms with Gasteiger partial charge in [0.15, 0.2) is 11.6 Å². The molecule has 0 aliphatic carbocycles. The van der Waals surface area contributed by atoms with E-state index < -0.39 is 0 Å². The van der Waals surface area contributed by atoms with Crippen LogP contribution in [0.25, 0.3) is 11.4 Å². The molecule has 0 amide bonds. The number of aliphatic hydroxyl groups is 1. The molecule has 12 heteroatoms. The molecule has 1 N–H and O–H groups in total. The van der Waals surface area contributed by atoms with Crippen LogP contribution in [0.4, 0.5) is 0 Å². The second kappa shape index (κ2) is 17.6. The van der Waals surface area contributed by atoms with Crippen LogP contribution in [0.2, 0.25) is 0 Å². The highest BCUT2D eigenvalue weighted by atomic mass is 16.3. The predicted molar refractivity (Wildman–Crippen MR) is 219 cm³/mol. The lowest BCUT2D eigenvalue weighted by Gasteiger charge is -2.21. The van der Waals surface area contributed by atoms with E-state index in [4.69, 9.17) is 10.5 Å². The number of Topliss-reactive ketones (excluding diaryl/α,β-unsaturated/α-hetero) is 2. The van der Waals surface area contributed by atoms with Gasteiger partial charge < -0.3 is 14.2 Å². The topological polar surface area (TPSA) is 151 Å². The van der Waals surface area contributed by atoms with Gasteiger partial charge in [-0.15, -0.1) is 0 Å². The number of aliphatic hydroxyl groups excluding tert-OH is 1. The minimum atomic E-state index is -0.307. The lowest BCUT2D eigenvalue weighted by Crippen LogP contribution is -2.36. The van der Waals surface area contributed by atoms with E-state index in [0.717, 1.165) is 78.4 Å². The van der Waals surface area contributed by atoms with Gasteiger partial charge in [0.1, 0.15) is 6.54 Å². The average molecular weight is 772 g/mol. The standard InChI is InChI=1S/C26H29N5O2.C20H16N4O/c1-18-23(26(33)17-30-21-9-10-24(30)25(32)15-21)14-22(4-2-12-29-13-3-11-28-29)31(18)20-7-5-19(16-27)6-8-20;1-15-20(16(2)25)13-19(5-3-11-23-12-4-10-22-23)24(15)18-8-6-17(14-21)7-9-18/h3,5-8,11,13-14,21,24-25,32H,2,4,9-10,12,15,17H2,1H3;4,6-10,12-13H,11H2,1-2H3/t21?,24?,25-;/m0./s1. The number of hydrogen-bond acceptors (Lipinski definition) is 8. The van der Waals surface area contributed by atoms with E-state index in [1.54, 1.807) is 36.1 Å². The Labute approximate surface area is 338 Å². The van der Waals surface area contributed by atoms with Crippen molar-refractivity contribution in [2.75, 3.05) is 6.54 Å².